The molecule has 0 bridgehead atoms. The molecular weight excluding hydrogens is 406 g/mol. The molecule has 0 aliphatic carbocycles. The highest BCUT2D eigenvalue weighted by Crippen LogP contribution is 2.35. The van der Waals surface area contributed by atoms with E-state index in [4.69, 9.17) is 0 Å². The van der Waals surface area contributed by atoms with Crippen LogP contribution in [-0.2, 0) is 0 Å². The smallest absolute Gasteiger partial charge is 0.387 e. The van der Waals surface area contributed by atoms with Crippen molar-refractivity contribution in [2.75, 3.05) is 0 Å². The van der Waals surface area contributed by atoms with Gasteiger partial charge >= 0.3 is 6.61 Å². The molecule has 0 fully saturated rings. The van der Waals surface area contributed by atoms with E-state index >= 15 is 0 Å². The minimum atomic E-state index is -2.97. The molecule has 2 nitrogen and oxygen atoms in total. The summed E-state index contributed by atoms with van der Waals surface area (Å²) >= 11 is 7.77. The Morgan fingerprint density at radius 1 is 1.26 bits per heavy atom. The van der Waals surface area contributed by atoms with Crippen LogP contribution >= 0.6 is 43.2 Å². The Morgan fingerprint density at radius 2 is 1.95 bits per heavy atom. The van der Waals surface area contributed by atoms with E-state index in [0.29, 0.717) is 9.35 Å². The Hall–Kier alpha value is -0.790. The minimum Gasteiger partial charge on any atom is -0.434 e. The zero-order valence-corrected chi connectivity index (χ0v) is 13.2. The first-order chi connectivity index (χ1) is 9.00. The summed E-state index contributed by atoms with van der Waals surface area (Å²) in [7, 11) is 0. The fourth-order valence-electron chi connectivity index (χ4n) is 1.45. The van der Waals surface area contributed by atoms with E-state index in [9.17, 15) is 13.6 Å². The molecule has 0 unspecified atom stereocenters. The number of thiophene rings is 1. The van der Waals surface area contributed by atoms with Gasteiger partial charge in [-0.25, -0.2) is 0 Å². The van der Waals surface area contributed by atoms with E-state index < -0.39 is 6.61 Å². The Balaban J connectivity index is 2.41. The number of ketones is 1. The Bertz CT molecular complexity index is 614. The maximum Gasteiger partial charge on any atom is 0.387 e. The number of carbonyl (C=O) groups excluding carboxylic acids is 1. The highest BCUT2D eigenvalue weighted by atomic mass is 79.9. The SMILES string of the molecule is O=C(c1ccccc1OC(F)F)c1scc(Br)c1Br. The zero-order chi connectivity index (χ0) is 14.0. The number of hydrogen-bond acceptors (Lipinski definition) is 3. The van der Waals surface area contributed by atoms with Crippen LogP contribution in [0, 0.1) is 0 Å². The summed E-state index contributed by atoms with van der Waals surface area (Å²) in [5, 5.41) is 1.74. The van der Waals surface area contributed by atoms with Gasteiger partial charge in [-0.1, -0.05) is 12.1 Å². The van der Waals surface area contributed by atoms with Gasteiger partial charge < -0.3 is 4.74 Å². The highest BCUT2D eigenvalue weighted by molar-refractivity contribution is 9.13. The lowest BCUT2D eigenvalue weighted by Crippen LogP contribution is -2.08. The number of ether oxygens (including phenoxy) is 1. The average molecular weight is 412 g/mol. The monoisotopic (exact) mass is 410 g/mol. The van der Waals surface area contributed by atoms with Crippen molar-refractivity contribution in [1.29, 1.82) is 0 Å². The summed E-state index contributed by atoms with van der Waals surface area (Å²) in [6.45, 7) is -2.97. The molecule has 0 saturated carbocycles. The van der Waals surface area contributed by atoms with Crippen LogP contribution < -0.4 is 4.74 Å². The van der Waals surface area contributed by atoms with E-state index in [1.165, 1.54) is 29.5 Å². The molecule has 100 valence electrons. The lowest BCUT2D eigenvalue weighted by atomic mass is 10.1. The molecular formula is C12H6Br2F2O2S. The largest absolute Gasteiger partial charge is 0.434 e. The fourth-order valence-corrected chi connectivity index (χ4v) is 3.56. The molecule has 2 rings (SSSR count). The van der Waals surface area contributed by atoms with Crippen molar-refractivity contribution in [2.45, 2.75) is 6.61 Å². The maximum absolute atomic E-state index is 12.3. The molecule has 0 saturated heterocycles. The molecule has 19 heavy (non-hydrogen) atoms. The van der Waals surface area contributed by atoms with Crippen LogP contribution in [0.25, 0.3) is 0 Å². The molecule has 0 atom stereocenters. The molecule has 0 radical (unpaired) electrons. The van der Waals surface area contributed by atoms with Gasteiger partial charge in [0, 0.05) is 9.85 Å². The fraction of sp³-hybridized carbons (Fsp3) is 0.0833. The molecule has 0 aliphatic heterocycles. The molecule has 1 heterocycles. The van der Waals surface area contributed by atoms with Crippen molar-refractivity contribution in [1.82, 2.24) is 0 Å². The molecule has 1 aromatic heterocycles. The van der Waals surface area contributed by atoms with Crippen LogP contribution in [0.1, 0.15) is 15.2 Å². The van der Waals surface area contributed by atoms with Gasteiger partial charge in [0.25, 0.3) is 0 Å². The first kappa shape index (κ1) is 14.6. The van der Waals surface area contributed by atoms with E-state index in [1.807, 2.05) is 0 Å². The second-order valence-electron chi connectivity index (χ2n) is 3.43. The molecule has 7 heteroatoms. The summed E-state index contributed by atoms with van der Waals surface area (Å²) in [5.74, 6) is -0.488. The van der Waals surface area contributed by atoms with E-state index in [-0.39, 0.29) is 17.1 Å². The van der Waals surface area contributed by atoms with Gasteiger partial charge in [0.15, 0.2) is 0 Å². The van der Waals surface area contributed by atoms with Crippen LogP contribution in [-0.4, -0.2) is 12.4 Å². The number of para-hydroxylation sites is 1. The molecule has 1 aromatic carbocycles. The van der Waals surface area contributed by atoms with Crippen molar-refractivity contribution in [2.24, 2.45) is 0 Å². The second-order valence-corrected chi connectivity index (χ2v) is 5.96. The van der Waals surface area contributed by atoms with Gasteiger partial charge in [-0.2, -0.15) is 8.78 Å². The Kier molecular flexibility index (Phi) is 4.70. The predicted molar refractivity (Wildman–Crippen MR) is 76.2 cm³/mol. The molecule has 2 aromatic rings. The van der Waals surface area contributed by atoms with Crippen molar-refractivity contribution in [3.05, 3.63) is 49.0 Å². The summed E-state index contributed by atoms with van der Waals surface area (Å²) in [5.41, 5.74) is 0.109. The van der Waals surface area contributed by atoms with Crippen molar-refractivity contribution >= 4 is 49.0 Å². The lowest BCUT2D eigenvalue weighted by molar-refractivity contribution is -0.0501. The van der Waals surface area contributed by atoms with Gasteiger partial charge in [-0.05, 0) is 44.0 Å². The number of benzene rings is 1. The van der Waals surface area contributed by atoms with Crippen LogP contribution in [0.3, 0.4) is 0 Å². The van der Waals surface area contributed by atoms with Gasteiger partial charge in [0.1, 0.15) is 5.75 Å². The topological polar surface area (TPSA) is 26.3 Å². The number of hydrogen-bond donors (Lipinski definition) is 0. The standard InChI is InChI=1S/C12H6Br2F2O2S/c13-7-5-19-11(9(7)14)10(17)6-3-1-2-4-8(6)18-12(15)16/h1-5,12H. The Morgan fingerprint density at radius 3 is 2.53 bits per heavy atom. The zero-order valence-electron chi connectivity index (χ0n) is 9.20. The Labute approximate surface area is 128 Å². The summed E-state index contributed by atoms with van der Waals surface area (Å²) in [4.78, 5) is 12.7. The van der Waals surface area contributed by atoms with Crippen LogP contribution in [0.4, 0.5) is 8.78 Å². The van der Waals surface area contributed by atoms with E-state index in [0.717, 1.165) is 4.47 Å². The third-order valence-corrected chi connectivity index (χ3v) is 5.77. The van der Waals surface area contributed by atoms with Crippen LogP contribution in [0.15, 0.2) is 38.6 Å². The van der Waals surface area contributed by atoms with Gasteiger partial charge in [0.05, 0.1) is 14.9 Å². The number of carbonyl (C=O) groups is 1. The average Bonchev–Trinajstić information content (AvgIpc) is 2.69. The first-order valence-corrected chi connectivity index (χ1v) is 7.48. The normalized spacial score (nSPS) is 10.8. The van der Waals surface area contributed by atoms with Crippen molar-refractivity contribution in [3.63, 3.8) is 0 Å². The summed E-state index contributed by atoms with van der Waals surface area (Å²) in [6.07, 6.45) is 0. The number of halogens is 4. The quantitative estimate of drug-likeness (QED) is 0.653. The minimum absolute atomic E-state index is 0.109. The highest BCUT2D eigenvalue weighted by Gasteiger charge is 2.21. The summed E-state index contributed by atoms with van der Waals surface area (Å²) < 4.78 is 30.3. The summed E-state index contributed by atoms with van der Waals surface area (Å²) in [6, 6.07) is 5.94. The van der Waals surface area contributed by atoms with Crippen molar-refractivity contribution in [3.8, 4) is 5.75 Å². The number of alkyl halides is 2. The van der Waals surface area contributed by atoms with E-state index in [2.05, 4.69) is 36.6 Å². The second kappa shape index (κ2) is 6.11. The molecule has 0 spiro atoms. The van der Waals surface area contributed by atoms with E-state index in [1.54, 1.807) is 11.4 Å². The van der Waals surface area contributed by atoms with Crippen molar-refractivity contribution < 1.29 is 18.3 Å². The first-order valence-electron chi connectivity index (χ1n) is 5.01. The molecule has 0 N–H and O–H groups in total. The third kappa shape index (κ3) is 3.21. The van der Waals surface area contributed by atoms with Crippen LogP contribution in [0.2, 0.25) is 0 Å². The predicted octanol–water partition coefficient (Wildman–Crippen LogP) is 5.11. The third-order valence-electron chi connectivity index (χ3n) is 2.24. The lowest BCUT2D eigenvalue weighted by Gasteiger charge is -2.09. The van der Waals surface area contributed by atoms with Crippen LogP contribution in [0.5, 0.6) is 5.75 Å². The molecule has 0 amide bonds. The number of rotatable bonds is 4. The van der Waals surface area contributed by atoms with Gasteiger partial charge in [0.2, 0.25) is 5.78 Å². The maximum atomic E-state index is 12.3. The van der Waals surface area contributed by atoms with Gasteiger partial charge in [-0.3, -0.25) is 4.79 Å². The van der Waals surface area contributed by atoms with Gasteiger partial charge in [-0.15, -0.1) is 11.3 Å². The molecule has 0 aliphatic rings.